The minimum atomic E-state index is 0.0652. The first-order chi connectivity index (χ1) is 12.8. The number of allylic oxidation sites excluding steroid dienone is 4. The molecule has 5 heteroatoms. The molecule has 26 heavy (non-hydrogen) atoms. The number of hydrogen-bond donors (Lipinski definition) is 2. The van der Waals surface area contributed by atoms with Crippen LogP contribution in [0, 0.1) is 0 Å². The van der Waals surface area contributed by atoms with Gasteiger partial charge in [-0.1, -0.05) is 42.5 Å². The summed E-state index contributed by atoms with van der Waals surface area (Å²) in [6.07, 6.45) is 12.7. The van der Waals surface area contributed by atoms with E-state index >= 15 is 0 Å². The molecule has 0 aromatic heterocycles. The van der Waals surface area contributed by atoms with E-state index in [-0.39, 0.29) is 6.17 Å². The molecular formula is C21H28ClN3O. The number of benzene rings is 1. The lowest BCUT2D eigenvalue weighted by Crippen LogP contribution is -2.46. The van der Waals surface area contributed by atoms with Gasteiger partial charge >= 0.3 is 0 Å². The van der Waals surface area contributed by atoms with Crippen LogP contribution in [0.3, 0.4) is 0 Å². The molecule has 0 saturated carbocycles. The van der Waals surface area contributed by atoms with Crippen molar-refractivity contribution in [3.8, 4) is 0 Å². The van der Waals surface area contributed by atoms with Gasteiger partial charge in [-0.2, -0.15) is 0 Å². The number of ether oxygens (including phenoxy) is 1. The molecule has 1 aromatic carbocycles. The molecular weight excluding hydrogens is 346 g/mol. The van der Waals surface area contributed by atoms with Gasteiger partial charge in [0.05, 0.1) is 12.3 Å². The lowest BCUT2D eigenvalue weighted by atomic mass is 10.1. The number of nitrogens with zero attached hydrogens (tertiary/aromatic N) is 1. The first-order valence-electron chi connectivity index (χ1n) is 9.55. The summed E-state index contributed by atoms with van der Waals surface area (Å²) in [5.74, 6) is 0. The van der Waals surface area contributed by atoms with Crippen LogP contribution in [0.2, 0.25) is 0 Å². The van der Waals surface area contributed by atoms with Crippen molar-refractivity contribution in [2.75, 3.05) is 13.2 Å². The summed E-state index contributed by atoms with van der Waals surface area (Å²) in [7, 11) is 0. The standard InChI is InChI=1S/C21H28ClN3O/c22-21(24-18-10-5-2-6-11-18)25-20(23-16-19-12-7-15-26-19)14-13-17-8-3-1-4-9-17/h1-5,8-10,19-20,23H,6-7,11-16H2,(H,24,25). The summed E-state index contributed by atoms with van der Waals surface area (Å²) in [6, 6.07) is 10.5. The van der Waals surface area contributed by atoms with Crippen molar-refractivity contribution in [3.05, 3.63) is 59.8 Å². The van der Waals surface area contributed by atoms with Gasteiger partial charge in [0.25, 0.3) is 0 Å². The van der Waals surface area contributed by atoms with E-state index in [1.165, 1.54) is 5.56 Å². The van der Waals surface area contributed by atoms with Gasteiger partial charge in [0, 0.05) is 18.8 Å². The third-order valence-corrected chi connectivity index (χ3v) is 4.90. The van der Waals surface area contributed by atoms with Gasteiger partial charge in [-0.15, -0.1) is 0 Å². The molecule has 1 aliphatic heterocycles. The molecule has 1 fully saturated rings. The Balaban J connectivity index is 1.56. The van der Waals surface area contributed by atoms with E-state index in [0.717, 1.165) is 57.4 Å². The summed E-state index contributed by atoms with van der Waals surface area (Å²) >= 11 is 6.39. The highest BCUT2D eigenvalue weighted by molar-refractivity contribution is 6.64. The topological polar surface area (TPSA) is 45.7 Å². The molecule has 0 bridgehead atoms. The molecule has 4 nitrogen and oxygen atoms in total. The maximum absolute atomic E-state index is 6.39. The highest BCUT2D eigenvalue weighted by Crippen LogP contribution is 2.14. The predicted octanol–water partition coefficient (Wildman–Crippen LogP) is 4.13. The van der Waals surface area contributed by atoms with Gasteiger partial charge in [0.15, 0.2) is 5.29 Å². The molecule has 3 rings (SSSR count). The molecule has 0 spiro atoms. The summed E-state index contributed by atoms with van der Waals surface area (Å²) in [4.78, 5) is 4.52. The monoisotopic (exact) mass is 373 g/mol. The zero-order valence-electron chi connectivity index (χ0n) is 15.2. The molecule has 2 aliphatic rings. The van der Waals surface area contributed by atoms with E-state index in [9.17, 15) is 0 Å². The zero-order valence-corrected chi connectivity index (χ0v) is 15.9. The Labute approximate surface area is 161 Å². The molecule has 1 aromatic rings. The van der Waals surface area contributed by atoms with Crippen molar-refractivity contribution in [2.45, 2.75) is 50.8 Å². The maximum atomic E-state index is 6.39. The minimum Gasteiger partial charge on any atom is -0.377 e. The van der Waals surface area contributed by atoms with Crippen LogP contribution in [0.1, 0.15) is 37.7 Å². The van der Waals surface area contributed by atoms with Crippen LogP contribution in [0.5, 0.6) is 0 Å². The number of nitrogens with one attached hydrogen (secondary N) is 2. The number of aryl methyl sites for hydroxylation is 1. The molecule has 1 heterocycles. The van der Waals surface area contributed by atoms with E-state index < -0.39 is 0 Å². The Morgan fingerprint density at radius 3 is 2.92 bits per heavy atom. The molecule has 0 radical (unpaired) electrons. The fourth-order valence-corrected chi connectivity index (χ4v) is 3.49. The van der Waals surface area contributed by atoms with E-state index in [0.29, 0.717) is 11.4 Å². The fourth-order valence-electron chi connectivity index (χ4n) is 3.25. The van der Waals surface area contributed by atoms with Crippen LogP contribution >= 0.6 is 11.6 Å². The molecule has 2 N–H and O–H groups in total. The van der Waals surface area contributed by atoms with Crippen LogP contribution in [0.15, 0.2) is 59.2 Å². The van der Waals surface area contributed by atoms with Crippen LogP contribution < -0.4 is 10.6 Å². The lowest BCUT2D eigenvalue weighted by molar-refractivity contribution is 0.106. The summed E-state index contributed by atoms with van der Waals surface area (Å²) in [5.41, 5.74) is 2.34. The Morgan fingerprint density at radius 2 is 2.19 bits per heavy atom. The smallest absolute Gasteiger partial charge is 0.197 e. The van der Waals surface area contributed by atoms with Crippen LogP contribution in [0.25, 0.3) is 0 Å². The van der Waals surface area contributed by atoms with E-state index in [1.54, 1.807) is 0 Å². The quantitative estimate of drug-likeness (QED) is 0.311. The van der Waals surface area contributed by atoms with Gasteiger partial charge in [0.1, 0.15) is 0 Å². The Hall–Kier alpha value is -1.62. The second kappa shape index (κ2) is 10.5. The zero-order chi connectivity index (χ0) is 18.0. The average Bonchev–Trinajstić information content (AvgIpc) is 3.19. The molecule has 2 unspecified atom stereocenters. The average molecular weight is 374 g/mol. The van der Waals surface area contributed by atoms with Gasteiger partial charge in [-0.25, -0.2) is 4.99 Å². The van der Waals surface area contributed by atoms with Crippen molar-refractivity contribution in [3.63, 3.8) is 0 Å². The Bertz CT molecular complexity index is 636. The lowest BCUT2D eigenvalue weighted by Gasteiger charge is -2.22. The van der Waals surface area contributed by atoms with Crippen molar-refractivity contribution in [1.29, 1.82) is 0 Å². The fraction of sp³-hybridized carbons (Fsp3) is 0.476. The summed E-state index contributed by atoms with van der Waals surface area (Å²) < 4.78 is 5.72. The summed E-state index contributed by atoms with van der Waals surface area (Å²) in [5, 5.41) is 7.36. The predicted molar refractivity (Wildman–Crippen MR) is 108 cm³/mol. The maximum Gasteiger partial charge on any atom is 0.197 e. The van der Waals surface area contributed by atoms with Crippen molar-refractivity contribution >= 4 is 16.9 Å². The first kappa shape index (κ1) is 19.2. The number of rotatable bonds is 8. The number of hydrogen-bond acceptors (Lipinski definition) is 3. The molecule has 1 saturated heterocycles. The third-order valence-electron chi connectivity index (χ3n) is 4.71. The molecule has 140 valence electrons. The van der Waals surface area contributed by atoms with Gasteiger partial charge in [-0.05, 0) is 61.8 Å². The molecule has 2 atom stereocenters. The Morgan fingerprint density at radius 1 is 1.31 bits per heavy atom. The Kier molecular flexibility index (Phi) is 7.74. The highest BCUT2D eigenvalue weighted by atomic mass is 35.5. The first-order valence-corrected chi connectivity index (χ1v) is 9.93. The number of aliphatic imine (C=N–C) groups is 1. The second-order valence-corrected chi connectivity index (χ2v) is 7.15. The van der Waals surface area contributed by atoms with Gasteiger partial charge < -0.3 is 10.1 Å². The summed E-state index contributed by atoms with van der Waals surface area (Å²) in [6.45, 7) is 1.71. The van der Waals surface area contributed by atoms with Crippen molar-refractivity contribution in [2.24, 2.45) is 4.99 Å². The number of halogens is 1. The normalized spacial score (nSPS) is 21.5. The van der Waals surface area contributed by atoms with E-state index in [2.05, 4.69) is 46.0 Å². The van der Waals surface area contributed by atoms with Crippen LogP contribution in [0.4, 0.5) is 0 Å². The van der Waals surface area contributed by atoms with Crippen molar-refractivity contribution in [1.82, 2.24) is 10.6 Å². The number of amidine groups is 1. The van der Waals surface area contributed by atoms with Gasteiger partial charge in [-0.3, -0.25) is 5.32 Å². The third kappa shape index (κ3) is 6.60. The van der Waals surface area contributed by atoms with Gasteiger partial charge in [0.2, 0.25) is 0 Å². The van der Waals surface area contributed by atoms with Crippen molar-refractivity contribution < 1.29 is 4.74 Å². The second-order valence-electron chi connectivity index (χ2n) is 6.79. The van der Waals surface area contributed by atoms with E-state index in [4.69, 9.17) is 16.3 Å². The molecule has 0 amide bonds. The van der Waals surface area contributed by atoms with Crippen LogP contribution in [-0.4, -0.2) is 30.7 Å². The van der Waals surface area contributed by atoms with Crippen LogP contribution in [-0.2, 0) is 11.2 Å². The molecule has 1 aliphatic carbocycles. The van der Waals surface area contributed by atoms with E-state index in [1.807, 2.05) is 18.2 Å². The SMILES string of the molecule is Cl/C(=N/C1=CC=CCC1)NC(CCc1ccccc1)NCC1CCCO1. The highest BCUT2D eigenvalue weighted by Gasteiger charge is 2.18. The minimum absolute atomic E-state index is 0.0652. The largest absolute Gasteiger partial charge is 0.377 e.